The number of fused-ring (bicyclic) bond motifs is 1. The van der Waals surface area contributed by atoms with Gasteiger partial charge in [-0.1, -0.05) is 11.6 Å². The van der Waals surface area contributed by atoms with Gasteiger partial charge in [-0.05, 0) is 63.8 Å². The van der Waals surface area contributed by atoms with Gasteiger partial charge in [0.1, 0.15) is 11.3 Å². The Balaban J connectivity index is 1.41. The van der Waals surface area contributed by atoms with Gasteiger partial charge in [0.15, 0.2) is 5.65 Å². The molecule has 6 nitrogen and oxygen atoms in total. The van der Waals surface area contributed by atoms with Crippen molar-refractivity contribution in [2.45, 2.75) is 57.6 Å². The van der Waals surface area contributed by atoms with Gasteiger partial charge in [0.2, 0.25) is 0 Å². The van der Waals surface area contributed by atoms with Gasteiger partial charge < -0.3 is 4.74 Å². The van der Waals surface area contributed by atoms with Crippen molar-refractivity contribution in [1.82, 2.24) is 24.7 Å². The zero-order chi connectivity index (χ0) is 23.4. The number of hydrogen-bond acceptors (Lipinski definition) is 5. The van der Waals surface area contributed by atoms with Gasteiger partial charge in [-0.25, -0.2) is 19.3 Å². The number of aromatic nitrogens is 5. The van der Waals surface area contributed by atoms with Crippen molar-refractivity contribution >= 4 is 22.8 Å². The fraction of sp³-hybridized carbons (Fsp3) is 0.385. The third kappa shape index (κ3) is 3.97. The number of nitrogens with zero attached hydrogens (tertiary/aromatic N) is 5. The van der Waals surface area contributed by atoms with Crippen LogP contribution in [0.25, 0.3) is 22.3 Å². The highest BCUT2D eigenvalue weighted by atomic mass is 35.5. The first-order valence-corrected chi connectivity index (χ1v) is 12.1. The molecule has 1 aliphatic carbocycles. The number of rotatable bonds is 4. The maximum atomic E-state index is 15.0. The predicted molar refractivity (Wildman–Crippen MR) is 128 cm³/mol. The largest absolute Gasteiger partial charge is 0.373 e. The average molecular weight is 478 g/mol. The molecule has 0 amide bonds. The van der Waals surface area contributed by atoms with Gasteiger partial charge in [-0.3, -0.25) is 4.68 Å². The molecule has 1 aliphatic heterocycles. The van der Waals surface area contributed by atoms with E-state index in [0.717, 1.165) is 35.5 Å². The summed E-state index contributed by atoms with van der Waals surface area (Å²) in [5, 5.41) is 4.89. The van der Waals surface area contributed by atoms with Gasteiger partial charge in [0.05, 0.1) is 29.7 Å². The van der Waals surface area contributed by atoms with Crippen molar-refractivity contribution in [3.63, 3.8) is 0 Å². The van der Waals surface area contributed by atoms with E-state index in [2.05, 4.69) is 16.0 Å². The second-order valence-corrected chi connectivity index (χ2v) is 9.79. The molecule has 0 unspecified atom stereocenters. The molecule has 1 saturated carbocycles. The van der Waals surface area contributed by atoms with Crippen molar-refractivity contribution in [2.24, 2.45) is 0 Å². The summed E-state index contributed by atoms with van der Waals surface area (Å²) < 4.78 is 23.2. The Morgan fingerprint density at radius 1 is 1.03 bits per heavy atom. The van der Waals surface area contributed by atoms with Gasteiger partial charge in [-0.2, -0.15) is 5.10 Å². The second-order valence-electron chi connectivity index (χ2n) is 9.35. The van der Waals surface area contributed by atoms with Crippen molar-refractivity contribution in [3.8, 4) is 11.1 Å². The van der Waals surface area contributed by atoms with Crippen LogP contribution in [0, 0.1) is 19.7 Å². The molecular formula is C26H25ClFN5O. The van der Waals surface area contributed by atoms with Crippen LogP contribution < -0.4 is 0 Å². The first-order valence-electron chi connectivity index (χ1n) is 11.7. The monoisotopic (exact) mass is 477 g/mol. The number of benzene rings is 1. The zero-order valence-corrected chi connectivity index (χ0v) is 19.9. The minimum absolute atomic E-state index is 0.0368. The van der Waals surface area contributed by atoms with E-state index in [1.54, 1.807) is 12.1 Å². The Bertz CT molecular complexity index is 1400. The lowest BCUT2D eigenvalue weighted by molar-refractivity contribution is 0.00463. The number of ether oxygens (including phenoxy) is 1. The van der Waals surface area contributed by atoms with Gasteiger partial charge >= 0.3 is 0 Å². The van der Waals surface area contributed by atoms with E-state index < -0.39 is 0 Å². The molecule has 4 aromatic rings. The summed E-state index contributed by atoms with van der Waals surface area (Å²) >= 11 is 6.02. The lowest BCUT2D eigenvalue weighted by atomic mass is 9.88. The summed E-state index contributed by atoms with van der Waals surface area (Å²) in [6.07, 6.45) is 8.02. The van der Waals surface area contributed by atoms with Crippen molar-refractivity contribution in [3.05, 3.63) is 70.1 Å². The number of pyridine rings is 1. The minimum atomic E-state index is -0.386. The second kappa shape index (κ2) is 8.40. The highest BCUT2D eigenvalue weighted by Crippen LogP contribution is 2.41. The lowest BCUT2D eigenvalue weighted by Gasteiger charge is -2.29. The minimum Gasteiger partial charge on any atom is -0.373 e. The van der Waals surface area contributed by atoms with Gasteiger partial charge in [0.25, 0.3) is 0 Å². The Labute approximate surface area is 202 Å². The zero-order valence-electron chi connectivity index (χ0n) is 19.1. The molecule has 2 fully saturated rings. The van der Waals surface area contributed by atoms with Crippen LogP contribution in [0.4, 0.5) is 4.39 Å². The third-order valence-corrected chi connectivity index (χ3v) is 7.14. The highest BCUT2D eigenvalue weighted by molar-refractivity contribution is 6.30. The third-order valence-electron chi connectivity index (χ3n) is 6.91. The van der Waals surface area contributed by atoms with Crippen LogP contribution in [0.3, 0.4) is 0 Å². The van der Waals surface area contributed by atoms with E-state index in [0.29, 0.717) is 40.0 Å². The quantitative estimate of drug-likeness (QED) is 0.346. The van der Waals surface area contributed by atoms with E-state index in [9.17, 15) is 4.39 Å². The molecule has 2 atom stereocenters. The standard InChI is InChI=1S/C26H25ClFN5O/c1-14-15(2)31-26-25(30-14)21(20-6-3-18(27)10-22(20)28)11-23(32-26)16-7-8-34-24(9-16)17-12-29-33(13-17)19-4-5-19/h3,6,10-13,16,19,24H,4-5,7-9H2,1-2H3/t16-,24-/m0/s1. The average Bonchev–Trinajstić information content (AvgIpc) is 3.56. The Morgan fingerprint density at radius 2 is 1.85 bits per heavy atom. The predicted octanol–water partition coefficient (Wildman–Crippen LogP) is 6.27. The van der Waals surface area contributed by atoms with E-state index in [4.69, 9.17) is 31.3 Å². The van der Waals surface area contributed by atoms with Gasteiger partial charge in [-0.15, -0.1) is 0 Å². The van der Waals surface area contributed by atoms with Crippen LogP contribution in [0.15, 0.2) is 36.7 Å². The molecule has 1 saturated heterocycles. The van der Waals surface area contributed by atoms with Crippen molar-refractivity contribution in [2.75, 3.05) is 6.61 Å². The highest BCUT2D eigenvalue weighted by Gasteiger charge is 2.30. The van der Waals surface area contributed by atoms with Crippen LogP contribution in [0.2, 0.25) is 5.02 Å². The smallest absolute Gasteiger partial charge is 0.179 e. The van der Waals surface area contributed by atoms with Crippen molar-refractivity contribution in [1.29, 1.82) is 0 Å². The summed E-state index contributed by atoms with van der Waals surface area (Å²) in [7, 11) is 0. The van der Waals surface area contributed by atoms with Crippen LogP contribution in [-0.2, 0) is 4.74 Å². The molecule has 174 valence electrons. The van der Waals surface area contributed by atoms with Crippen LogP contribution in [0.1, 0.15) is 66.4 Å². The van der Waals surface area contributed by atoms with Crippen LogP contribution in [0.5, 0.6) is 0 Å². The number of aryl methyl sites for hydroxylation is 2. The summed E-state index contributed by atoms with van der Waals surface area (Å²) in [4.78, 5) is 14.3. The topological polar surface area (TPSA) is 65.7 Å². The maximum Gasteiger partial charge on any atom is 0.179 e. The van der Waals surface area contributed by atoms with Crippen molar-refractivity contribution < 1.29 is 9.13 Å². The normalized spacial score (nSPS) is 20.7. The fourth-order valence-corrected chi connectivity index (χ4v) is 4.86. The Morgan fingerprint density at radius 3 is 2.65 bits per heavy atom. The first-order chi connectivity index (χ1) is 16.5. The lowest BCUT2D eigenvalue weighted by Crippen LogP contribution is -2.19. The Kier molecular flexibility index (Phi) is 5.34. The van der Waals surface area contributed by atoms with Crippen LogP contribution in [-0.4, -0.2) is 31.3 Å². The summed E-state index contributed by atoms with van der Waals surface area (Å²) in [5.74, 6) is -0.228. The SMILES string of the molecule is Cc1nc2nc([C@H]3CCO[C@H](c4cnn(C5CC5)c4)C3)cc(-c3ccc(Cl)cc3F)c2nc1C. The fourth-order valence-electron chi connectivity index (χ4n) is 4.70. The van der Waals surface area contributed by atoms with E-state index in [1.165, 1.54) is 18.9 Å². The molecule has 1 aromatic carbocycles. The molecule has 4 heterocycles. The van der Waals surface area contributed by atoms with E-state index in [-0.39, 0.29) is 17.8 Å². The summed E-state index contributed by atoms with van der Waals surface area (Å²) in [6.45, 7) is 4.45. The molecule has 34 heavy (non-hydrogen) atoms. The maximum absolute atomic E-state index is 15.0. The molecule has 0 N–H and O–H groups in total. The van der Waals surface area contributed by atoms with Crippen LogP contribution >= 0.6 is 11.6 Å². The number of halogens is 2. The molecule has 2 aliphatic rings. The molecule has 3 aromatic heterocycles. The molecule has 6 rings (SSSR count). The summed E-state index contributed by atoms with van der Waals surface area (Å²) in [5.41, 5.74) is 5.88. The van der Waals surface area contributed by atoms with E-state index >= 15 is 0 Å². The first kappa shape index (κ1) is 21.6. The summed E-state index contributed by atoms with van der Waals surface area (Å²) in [6, 6.07) is 7.24. The molecule has 0 radical (unpaired) electrons. The molecule has 8 heteroatoms. The molecule has 0 bridgehead atoms. The molecule has 0 spiro atoms. The molecular weight excluding hydrogens is 453 g/mol. The van der Waals surface area contributed by atoms with E-state index in [1.807, 2.05) is 26.1 Å². The number of hydrogen-bond donors (Lipinski definition) is 0. The van der Waals surface area contributed by atoms with Gasteiger partial charge in [0, 0.05) is 46.1 Å². The Hall–Kier alpha value is -2.90.